The number of carbonyl (C=O) groups excluding carboxylic acids is 2. The van der Waals surface area contributed by atoms with Crippen LogP contribution in [0.1, 0.15) is 49.5 Å². The molecule has 8 nitrogen and oxygen atoms in total. The average molecular weight is 375 g/mol. The van der Waals surface area contributed by atoms with Crippen LogP contribution in [0.2, 0.25) is 0 Å². The van der Waals surface area contributed by atoms with E-state index in [1.165, 1.54) is 12.4 Å². The van der Waals surface area contributed by atoms with E-state index in [4.69, 9.17) is 0 Å². The molecule has 27 heavy (non-hydrogen) atoms. The lowest BCUT2D eigenvalue weighted by Crippen LogP contribution is -2.50. The summed E-state index contributed by atoms with van der Waals surface area (Å²) >= 11 is 0. The number of aromatic nitrogens is 2. The SMILES string of the molecule is CC(=O)NC1CCN(C[C@@]2(O)CCCN(C(=O)c3cnccn3)CC2)CC1. The van der Waals surface area contributed by atoms with Gasteiger partial charge in [-0.3, -0.25) is 14.6 Å². The normalized spacial score (nSPS) is 25.0. The smallest absolute Gasteiger partial charge is 0.274 e. The van der Waals surface area contributed by atoms with Crippen molar-refractivity contribution in [3.8, 4) is 0 Å². The van der Waals surface area contributed by atoms with Gasteiger partial charge in [-0.1, -0.05) is 0 Å². The molecule has 1 aromatic rings. The molecule has 2 fully saturated rings. The number of likely N-dealkylation sites (tertiary alicyclic amines) is 2. The maximum atomic E-state index is 12.6. The molecule has 0 radical (unpaired) electrons. The van der Waals surface area contributed by atoms with Crippen molar-refractivity contribution >= 4 is 11.8 Å². The third-order valence-electron chi connectivity index (χ3n) is 5.50. The largest absolute Gasteiger partial charge is 0.388 e. The van der Waals surface area contributed by atoms with Crippen molar-refractivity contribution in [3.63, 3.8) is 0 Å². The Kier molecular flexibility index (Phi) is 6.38. The maximum absolute atomic E-state index is 12.6. The standard InChI is InChI=1S/C19H29N5O3/c1-15(25)22-16-3-10-23(11-4-16)14-19(27)5-2-9-24(12-6-19)18(26)17-13-20-7-8-21-17/h7-8,13,16,27H,2-6,9-12,14H2,1H3,(H,22,25)/t19-/m1/s1. The number of nitrogens with zero attached hydrogens (tertiary/aromatic N) is 4. The highest BCUT2D eigenvalue weighted by Crippen LogP contribution is 2.25. The second kappa shape index (κ2) is 8.75. The van der Waals surface area contributed by atoms with E-state index in [1.54, 1.807) is 18.0 Å². The van der Waals surface area contributed by atoms with Crippen LogP contribution in [0.15, 0.2) is 18.6 Å². The van der Waals surface area contributed by atoms with E-state index in [0.717, 1.165) is 32.4 Å². The molecule has 0 aromatic carbocycles. The summed E-state index contributed by atoms with van der Waals surface area (Å²) in [6.07, 6.45) is 8.38. The lowest BCUT2D eigenvalue weighted by atomic mass is 9.93. The summed E-state index contributed by atoms with van der Waals surface area (Å²) in [6.45, 7) is 5.06. The maximum Gasteiger partial charge on any atom is 0.274 e. The van der Waals surface area contributed by atoms with E-state index in [0.29, 0.717) is 38.2 Å². The molecule has 8 heteroatoms. The van der Waals surface area contributed by atoms with E-state index in [-0.39, 0.29) is 17.9 Å². The highest BCUT2D eigenvalue weighted by molar-refractivity contribution is 5.91. The van der Waals surface area contributed by atoms with Crippen molar-refractivity contribution in [1.82, 2.24) is 25.1 Å². The van der Waals surface area contributed by atoms with Gasteiger partial charge in [-0.2, -0.15) is 0 Å². The molecule has 2 aliphatic heterocycles. The predicted octanol–water partition coefficient (Wildman–Crippen LogP) is 0.434. The van der Waals surface area contributed by atoms with Crippen molar-refractivity contribution in [2.45, 2.75) is 50.7 Å². The number of rotatable bonds is 4. The van der Waals surface area contributed by atoms with Crippen LogP contribution in [0, 0.1) is 0 Å². The zero-order chi connectivity index (χ0) is 19.3. The fourth-order valence-electron chi connectivity index (χ4n) is 4.05. The second-order valence-corrected chi connectivity index (χ2v) is 7.71. The average Bonchev–Trinajstić information content (AvgIpc) is 2.85. The fourth-order valence-corrected chi connectivity index (χ4v) is 4.05. The van der Waals surface area contributed by atoms with Gasteiger partial charge in [0.25, 0.3) is 5.91 Å². The molecule has 0 spiro atoms. The number of nitrogens with one attached hydrogen (secondary N) is 1. The minimum atomic E-state index is -0.780. The highest BCUT2D eigenvalue weighted by Gasteiger charge is 2.34. The molecule has 2 amide bonds. The van der Waals surface area contributed by atoms with E-state index in [1.807, 2.05) is 0 Å². The molecule has 0 bridgehead atoms. The first-order valence-electron chi connectivity index (χ1n) is 9.72. The summed E-state index contributed by atoms with van der Waals surface area (Å²) in [4.78, 5) is 35.9. The van der Waals surface area contributed by atoms with Crippen LogP contribution in [0.3, 0.4) is 0 Å². The summed E-state index contributed by atoms with van der Waals surface area (Å²) in [5.74, 6) is -0.104. The Hall–Kier alpha value is -2.06. The molecule has 3 heterocycles. The number of hydrogen-bond acceptors (Lipinski definition) is 6. The predicted molar refractivity (Wildman–Crippen MR) is 100 cm³/mol. The number of carbonyl (C=O) groups is 2. The number of piperidine rings is 1. The van der Waals surface area contributed by atoms with E-state index in [9.17, 15) is 14.7 Å². The lowest BCUT2D eigenvalue weighted by molar-refractivity contribution is -0.120. The third kappa shape index (κ3) is 5.46. The van der Waals surface area contributed by atoms with Crippen LogP contribution in [0.4, 0.5) is 0 Å². The Balaban J connectivity index is 1.51. The molecular weight excluding hydrogens is 346 g/mol. The van der Waals surface area contributed by atoms with Gasteiger partial charge in [0, 0.05) is 58.1 Å². The van der Waals surface area contributed by atoms with Gasteiger partial charge in [0.05, 0.1) is 11.8 Å². The number of aliphatic hydroxyl groups is 1. The van der Waals surface area contributed by atoms with Crippen molar-refractivity contribution in [3.05, 3.63) is 24.3 Å². The van der Waals surface area contributed by atoms with E-state index >= 15 is 0 Å². The number of β-amino-alcohol motifs (C(OH)–C–C–N with tert-alkyl or cyclic N) is 1. The zero-order valence-electron chi connectivity index (χ0n) is 15.9. The Bertz CT molecular complexity index is 648. The van der Waals surface area contributed by atoms with E-state index < -0.39 is 5.60 Å². The quantitative estimate of drug-likeness (QED) is 0.792. The molecule has 3 rings (SSSR count). The molecule has 1 aromatic heterocycles. The number of hydrogen-bond donors (Lipinski definition) is 2. The van der Waals surface area contributed by atoms with Crippen molar-refractivity contribution in [2.24, 2.45) is 0 Å². The van der Waals surface area contributed by atoms with Crippen LogP contribution >= 0.6 is 0 Å². The van der Waals surface area contributed by atoms with Crippen LogP contribution < -0.4 is 5.32 Å². The highest BCUT2D eigenvalue weighted by atomic mass is 16.3. The van der Waals surface area contributed by atoms with Gasteiger partial charge in [-0.05, 0) is 32.1 Å². The van der Waals surface area contributed by atoms with Gasteiger partial charge in [0.2, 0.25) is 5.91 Å². The summed E-state index contributed by atoms with van der Waals surface area (Å²) < 4.78 is 0. The summed E-state index contributed by atoms with van der Waals surface area (Å²) in [5.41, 5.74) is -0.430. The topological polar surface area (TPSA) is 98.7 Å². The van der Waals surface area contributed by atoms with Gasteiger partial charge in [0.1, 0.15) is 5.69 Å². The van der Waals surface area contributed by atoms with Gasteiger partial charge >= 0.3 is 0 Å². The third-order valence-corrected chi connectivity index (χ3v) is 5.50. The molecule has 1 atom stereocenters. The molecule has 2 aliphatic rings. The minimum Gasteiger partial charge on any atom is -0.388 e. The monoisotopic (exact) mass is 375 g/mol. The van der Waals surface area contributed by atoms with E-state index in [2.05, 4.69) is 20.2 Å². The van der Waals surface area contributed by atoms with Crippen molar-refractivity contribution in [2.75, 3.05) is 32.7 Å². The van der Waals surface area contributed by atoms with Crippen LogP contribution in [-0.2, 0) is 4.79 Å². The summed E-state index contributed by atoms with van der Waals surface area (Å²) in [5, 5.41) is 14.1. The molecule has 0 unspecified atom stereocenters. The summed E-state index contributed by atoms with van der Waals surface area (Å²) in [6, 6.07) is 0.239. The first-order valence-corrected chi connectivity index (χ1v) is 9.72. The molecule has 2 N–H and O–H groups in total. The minimum absolute atomic E-state index is 0.0173. The number of amides is 2. The Labute approximate surface area is 160 Å². The Morgan fingerprint density at radius 3 is 2.67 bits per heavy atom. The van der Waals surface area contributed by atoms with Gasteiger partial charge in [-0.25, -0.2) is 4.98 Å². The van der Waals surface area contributed by atoms with Gasteiger partial charge < -0.3 is 20.2 Å². The zero-order valence-corrected chi connectivity index (χ0v) is 15.9. The molecule has 2 saturated heterocycles. The lowest BCUT2D eigenvalue weighted by Gasteiger charge is -2.38. The molecular formula is C19H29N5O3. The first-order chi connectivity index (χ1) is 13.0. The van der Waals surface area contributed by atoms with Crippen LogP contribution in [0.5, 0.6) is 0 Å². The molecule has 0 saturated carbocycles. The van der Waals surface area contributed by atoms with Crippen LogP contribution in [-0.4, -0.2) is 81.1 Å². The second-order valence-electron chi connectivity index (χ2n) is 7.71. The van der Waals surface area contributed by atoms with Crippen LogP contribution in [0.25, 0.3) is 0 Å². The van der Waals surface area contributed by atoms with Gasteiger partial charge in [-0.15, -0.1) is 0 Å². The van der Waals surface area contributed by atoms with Crippen molar-refractivity contribution < 1.29 is 14.7 Å². The first kappa shape index (κ1) is 19.7. The molecule has 148 valence electrons. The molecule has 0 aliphatic carbocycles. The van der Waals surface area contributed by atoms with Gasteiger partial charge in [0.15, 0.2) is 0 Å². The van der Waals surface area contributed by atoms with Crippen molar-refractivity contribution in [1.29, 1.82) is 0 Å². The Morgan fingerprint density at radius 2 is 2.00 bits per heavy atom. The Morgan fingerprint density at radius 1 is 1.22 bits per heavy atom. The summed E-state index contributed by atoms with van der Waals surface area (Å²) in [7, 11) is 0. The fraction of sp³-hybridized carbons (Fsp3) is 0.684.